The molecule has 1 heterocycles. The van der Waals surface area contributed by atoms with E-state index in [-0.39, 0.29) is 27.2 Å². The zero-order valence-electron chi connectivity index (χ0n) is 11.2. The minimum Gasteiger partial charge on any atom is -0.398 e. The molecule has 6 nitrogen and oxygen atoms in total. The van der Waals surface area contributed by atoms with E-state index in [1.165, 1.54) is 13.0 Å². The maximum absolute atomic E-state index is 13.6. The molecule has 0 fully saturated rings. The van der Waals surface area contributed by atoms with Crippen molar-refractivity contribution in [3.05, 3.63) is 40.4 Å². The summed E-state index contributed by atoms with van der Waals surface area (Å²) in [5.74, 6) is -0.905. The van der Waals surface area contributed by atoms with Gasteiger partial charge in [0.1, 0.15) is 11.0 Å². The Labute approximate surface area is 126 Å². The Balaban J connectivity index is 2.43. The fourth-order valence-corrected chi connectivity index (χ4v) is 2.81. The summed E-state index contributed by atoms with van der Waals surface area (Å²) in [6.07, 6.45) is 0. The Bertz CT molecular complexity index is 768. The van der Waals surface area contributed by atoms with Gasteiger partial charge in [-0.3, -0.25) is 0 Å². The van der Waals surface area contributed by atoms with E-state index in [2.05, 4.69) is 14.7 Å². The molecule has 1 aromatic carbocycles. The minimum atomic E-state index is -4.06. The highest BCUT2D eigenvalue weighted by Gasteiger charge is 2.19. The Morgan fingerprint density at radius 1 is 1.24 bits per heavy atom. The van der Waals surface area contributed by atoms with Gasteiger partial charge >= 0.3 is 0 Å². The number of hydrogen-bond acceptors (Lipinski definition) is 5. The lowest BCUT2D eigenvalue weighted by Gasteiger charge is -2.10. The van der Waals surface area contributed by atoms with Crippen LogP contribution in [0.2, 0.25) is 5.15 Å². The van der Waals surface area contributed by atoms with Crippen molar-refractivity contribution in [3.63, 3.8) is 0 Å². The highest BCUT2D eigenvalue weighted by Crippen LogP contribution is 2.22. The predicted molar refractivity (Wildman–Crippen MR) is 78.1 cm³/mol. The molecule has 0 spiro atoms. The highest BCUT2D eigenvalue weighted by molar-refractivity contribution is 7.92. The van der Waals surface area contributed by atoms with Crippen molar-refractivity contribution < 1.29 is 12.8 Å². The van der Waals surface area contributed by atoms with Crippen molar-refractivity contribution in [2.24, 2.45) is 0 Å². The number of aryl methyl sites for hydroxylation is 1. The summed E-state index contributed by atoms with van der Waals surface area (Å²) < 4.78 is 40.1. The fourth-order valence-electron chi connectivity index (χ4n) is 1.58. The van der Waals surface area contributed by atoms with Crippen LogP contribution in [0.15, 0.2) is 23.1 Å². The highest BCUT2D eigenvalue weighted by atomic mass is 35.5. The maximum Gasteiger partial charge on any atom is 0.264 e. The van der Waals surface area contributed by atoms with Gasteiger partial charge in [-0.2, -0.15) is 0 Å². The van der Waals surface area contributed by atoms with E-state index in [0.717, 1.165) is 12.1 Å². The molecule has 0 saturated heterocycles. The first-order valence-corrected chi connectivity index (χ1v) is 7.65. The summed E-state index contributed by atoms with van der Waals surface area (Å²) in [6.45, 7) is 3.09. The molecule has 0 radical (unpaired) electrons. The largest absolute Gasteiger partial charge is 0.398 e. The summed E-state index contributed by atoms with van der Waals surface area (Å²) in [5.41, 5.74) is 6.29. The monoisotopic (exact) mass is 330 g/mol. The number of benzene rings is 1. The first-order valence-electron chi connectivity index (χ1n) is 5.78. The number of rotatable bonds is 3. The standard InChI is InChI=1S/C12H12ClFN4O2S/c1-6-3-11(13)17-12(16-6)18-21(19,20)8-4-9(14)7(2)10(15)5-8/h3-5H,15H2,1-2H3,(H,16,17,18). The van der Waals surface area contributed by atoms with Crippen LogP contribution in [0.3, 0.4) is 0 Å². The number of nitrogens with one attached hydrogen (secondary N) is 1. The topological polar surface area (TPSA) is 98.0 Å². The molecule has 0 unspecified atom stereocenters. The summed E-state index contributed by atoms with van der Waals surface area (Å²) in [5, 5.41) is 0.0924. The molecule has 0 aliphatic carbocycles. The van der Waals surface area contributed by atoms with Crippen LogP contribution in [-0.4, -0.2) is 18.4 Å². The van der Waals surface area contributed by atoms with Crippen LogP contribution in [0.1, 0.15) is 11.3 Å². The molecular formula is C12H12ClFN4O2S. The minimum absolute atomic E-state index is 0.0403. The second-order valence-corrected chi connectivity index (χ2v) is 6.45. The average Bonchev–Trinajstić information content (AvgIpc) is 2.33. The van der Waals surface area contributed by atoms with E-state index in [9.17, 15) is 12.8 Å². The molecule has 0 saturated carbocycles. The second kappa shape index (κ2) is 5.45. The first-order chi connectivity index (χ1) is 9.69. The van der Waals surface area contributed by atoms with E-state index < -0.39 is 15.8 Å². The summed E-state index contributed by atoms with van der Waals surface area (Å²) in [4.78, 5) is 7.33. The Kier molecular flexibility index (Phi) is 4.02. The van der Waals surface area contributed by atoms with Gasteiger partial charge in [0.25, 0.3) is 10.0 Å². The normalized spacial score (nSPS) is 11.4. The van der Waals surface area contributed by atoms with Crippen LogP contribution in [0, 0.1) is 19.7 Å². The van der Waals surface area contributed by atoms with Gasteiger partial charge in [0.15, 0.2) is 0 Å². The summed E-state index contributed by atoms with van der Waals surface area (Å²) in [6, 6.07) is 3.52. The average molecular weight is 331 g/mol. The van der Waals surface area contributed by atoms with Gasteiger partial charge in [-0.15, -0.1) is 0 Å². The summed E-state index contributed by atoms with van der Waals surface area (Å²) >= 11 is 5.73. The number of nitrogens with zero attached hydrogens (tertiary/aromatic N) is 2. The SMILES string of the molecule is Cc1cc(Cl)nc(NS(=O)(=O)c2cc(N)c(C)c(F)c2)n1. The van der Waals surface area contributed by atoms with Gasteiger partial charge in [-0.1, -0.05) is 11.6 Å². The van der Waals surface area contributed by atoms with Gasteiger partial charge in [-0.25, -0.2) is 27.5 Å². The maximum atomic E-state index is 13.6. The van der Waals surface area contributed by atoms with Gasteiger partial charge in [0.05, 0.1) is 4.90 Å². The lowest BCUT2D eigenvalue weighted by molar-refractivity contribution is 0.593. The van der Waals surface area contributed by atoms with Crippen molar-refractivity contribution in [2.45, 2.75) is 18.7 Å². The number of halogens is 2. The van der Waals surface area contributed by atoms with Crippen LogP contribution in [0.4, 0.5) is 16.0 Å². The van der Waals surface area contributed by atoms with E-state index in [4.69, 9.17) is 17.3 Å². The van der Waals surface area contributed by atoms with Crippen molar-refractivity contribution in [2.75, 3.05) is 10.5 Å². The zero-order valence-corrected chi connectivity index (χ0v) is 12.8. The molecule has 0 aliphatic heterocycles. The van der Waals surface area contributed by atoms with Crippen LogP contribution in [0.5, 0.6) is 0 Å². The molecule has 9 heteroatoms. The molecular weight excluding hydrogens is 319 g/mol. The van der Waals surface area contributed by atoms with E-state index in [0.29, 0.717) is 5.69 Å². The smallest absolute Gasteiger partial charge is 0.264 e. The van der Waals surface area contributed by atoms with Crippen molar-refractivity contribution >= 4 is 33.3 Å². The number of anilines is 2. The number of aromatic nitrogens is 2. The lowest BCUT2D eigenvalue weighted by Crippen LogP contribution is -2.16. The van der Waals surface area contributed by atoms with Crippen molar-refractivity contribution in [1.29, 1.82) is 0 Å². The van der Waals surface area contributed by atoms with Gasteiger partial charge in [-0.05, 0) is 32.0 Å². The molecule has 2 aromatic rings. The number of hydrogen-bond donors (Lipinski definition) is 2. The van der Waals surface area contributed by atoms with Crippen LogP contribution < -0.4 is 10.5 Å². The third kappa shape index (κ3) is 3.40. The fraction of sp³-hybridized carbons (Fsp3) is 0.167. The quantitative estimate of drug-likeness (QED) is 0.664. The summed E-state index contributed by atoms with van der Waals surface area (Å²) in [7, 11) is -4.06. The molecule has 2 rings (SSSR count). The number of sulfonamides is 1. The van der Waals surface area contributed by atoms with E-state index in [1.54, 1.807) is 6.92 Å². The molecule has 112 valence electrons. The molecule has 0 aliphatic rings. The zero-order chi connectivity index (χ0) is 15.8. The Morgan fingerprint density at radius 2 is 1.90 bits per heavy atom. The Hall–Kier alpha value is -1.93. The van der Waals surface area contributed by atoms with E-state index >= 15 is 0 Å². The van der Waals surface area contributed by atoms with Gasteiger partial charge in [0.2, 0.25) is 5.95 Å². The van der Waals surface area contributed by atoms with Gasteiger partial charge in [0, 0.05) is 16.9 Å². The third-order valence-corrected chi connectivity index (χ3v) is 4.22. The number of nitrogens with two attached hydrogens (primary N) is 1. The van der Waals surface area contributed by atoms with Crippen LogP contribution >= 0.6 is 11.6 Å². The molecule has 1 aromatic heterocycles. The molecule has 0 atom stereocenters. The number of nitrogen functional groups attached to an aromatic ring is 1. The second-order valence-electron chi connectivity index (χ2n) is 4.38. The van der Waals surface area contributed by atoms with Gasteiger partial charge < -0.3 is 5.73 Å². The van der Waals surface area contributed by atoms with Crippen LogP contribution in [-0.2, 0) is 10.0 Å². The Morgan fingerprint density at radius 3 is 2.48 bits per heavy atom. The molecule has 3 N–H and O–H groups in total. The predicted octanol–water partition coefficient (Wildman–Crippen LogP) is 2.27. The third-order valence-electron chi connectivity index (χ3n) is 2.72. The molecule has 21 heavy (non-hydrogen) atoms. The lowest BCUT2D eigenvalue weighted by atomic mass is 10.2. The van der Waals surface area contributed by atoms with Crippen molar-refractivity contribution in [3.8, 4) is 0 Å². The first kappa shape index (κ1) is 15.5. The molecule has 0 amide bonds. The van der Waals surface area contributed by atoms with E-state index in [1.807, 2.05) is 0 Å². The van der Waals surface area contributed by atoms with Crippen LogP contribution in [0.25, 0.3) is 0 Å². The van der Waals surface area contributed by atoms with Crippen molar-refractivity contribution in [1.82, 2.24) is 9.97 Å². The molecule has 0 bridgehead atoms.